The molecule has 0 radical (unpaired) electrons. The van der Waals surface area contributed by atoms with Gasteiger partial charge in [0.25, 0.3) is 14.4 Å². The number of rotatable bonds is 19. The molecule has 6 rings (SSSR count). The lowest BCUT2D eigenvalue weighted by Crippen LogP contribution is -2.39. The van der Waals surface area contributed by atoms with Crippen molar-refractivity contribution in [3.63, 3.8) is 0 Å². The summed E-state index contributed by atoms with van der Waals surface area (Å²) in [6, 6.07) is 36.5. The number of benzene rings is 4. The van der Waals surface area contributed by atoms with E-state index < -0.39 is 38.3 Å². The van der Waals surface area contributed by atoms with Gasteiger partial charge in [-0.15, -0.1) is 0 Å². The summed E-state index contributed by atoms with van der Waals surface area (Å²) >= 11 is 0. The number of carbonyl (C=O) groups is 1. The molecule has 0 spiro atoms. The van der Waals surface area contributed by atoms with E-state index in [0.29, 0.717) is 22.6 Å². The van der Waals surface area contributed by atoms with Crippen molar-refractivity contribution in [2.75, 3.05) is 32.8 Å². The Morgan fingerprint density at radius 1 is 0.902 bits per heavy atom. The predicted octanol–water partition coefficient (Wildman–Crippen LogP) is 8.78. The summed E-state index contributed by atoms with van der Waals surface area (Å²) in [5, 5.41) is 12.2. The van der Waals surface area contributed by atoms with Crippen LogP contribution in [0.15, 0.2) is 120 Å². The summed E-state index contributed by atoms with van der Waals surface area (Å²) in [7, 11) is 1.55. The van der Waals surface area contributed by atoms with Crippen molar-refractivity contribution >= 4 is 20.3 Å². The Balaban J connectivity index is 1.41. The van der Waals surface area contributed by atoms with Gasteiger partial charge in [-0.1, -0.05) is 72.8 Å². The van der Waals surface area contributed by atoms with Crippen LogP contribution in [-0.4, -0.2) is 71.9 Å². The van der Waals surface area contributed by atoms with Crippen LogP contribution in [0.3, 0.4) is 0 Å². The van der Waals surface area contributed by atoms with Crippen LogP contribution in [0, 0.1) is 18.3 Å². The van der Waals surface area contributed by atoms with Gasteiger partial charge in [-0.3, -0.25) is 9.36 Å². The molecule has 2 unspecified atom stereocenters. The van der Waals surface area contributed by atoms with E-state index in [-0.39, 0.29) is 49.9 Å². The second kappa shape index (κ2) is 20.9. The van der Waals surface area contributed by atoms with Crippen LogP contribution in [0.4, 0.5) is 5.82 Å². The predicted molar refractivity (Wildman–Crippen MR) is 235 cm³/mol. The van der Waals surface area contributed by atoms with E-state index in [1.54, 1.807) is 51.6 Å². The van der Waals surface area contributed by atoms with E-state index >= 15 is 0 Å². The number of carbonyl (C=O) groups excluding carboxylic acids is 1. The zero-order valence-electron chi connectivity index (χ0n) is 35.7. The Kier molecular flexibility index (Phi) is 15.4. The van der Waals surface area contributed by atoms with Crippen LogP contribution in [0.25, 0.3) is 0 Å². The third kappa shape index (κ3) is 10.5. The zero-order chi connectivity index (χ0) is 43.5. The van der Waals surface area contributed by atoms with Crippen LogP contribution in [0.5, 0.6) is 11.5 Å². The fourth-order valence-electron chi connectivity index (χ4n) is 7.49. The van der Waals surface area contributed by atoms with Crippen LogP contribution in [-0.2, 0) is 24.1 Å². The molecule has 0 aliphatic carbocycles. The first-order valence-corrected chi connectivity index (χ1v) is 21.5. The maximum atomic E-state index is 13.8. The summed E-state index contributed by atoms with van der Waals surface area (Å²) in [4.78, 5) is 31.2. The number of nitrogens with zero attached hydrogens (tertiary/aromatic N) is 4. The highest BCUT2D eigenvalue weighted by Gasteiger charge is 2.45. The fourth-order valence-corrected chi connectivity index (χ4v) is 9.25. The first-order chi connectivity index (χ1) is 29.5. The van der Waals surface area contributed by atoms with E-state index in [0.717, 1.165) is 16.7 Å². The number of anilines is 1. The lowest BCUT2D eigenvalue weighted by atomic mass is 9.80. The number of ether oxygens (including phenoxy) is 4. The van der Waals surface area contributed by atoms with Crippen molar-refractivity contribution in [3.8, 4) is 17.6 Å². The molecule has 4 aromatic carbocycles. The summed E-state index contributed by atoms with van der Waals surface area (Å²) in [6.45, 7) is 10.3. The zero-order valence-corrected chi connectivity index (χ0v) is 36.6. The van der Waals surface area contributed by atoms with Crippen LogP contribution >= 0.6 is 8.53 Å². The topological polar surface area (TPSA) is 146 Å². The van der Waals surface area contributed by atoms with Crippen molar-refractivity contribution in [2.24, 2.45) is 0 Å². The standard InChI is InChI=1S/C47H54N5O8P/c1-32(2)52(33(3)4)61(58-28-14-27-48)60-41-29-43(51-30-34(5)44(50-46(51)54)49-45(53)35-15-10-8-11-16-35)59-42(41)31-57-47(36-17-12-9-13-18-36,37-19-23-39(55-6)24-20-37)38-21-25-40(56-7)26-22-38/h8-13,15-26,30,32-33,41-43H,14,28-29,31H2,1-7H3,(H,49,50,53,54)/t41-,42+,43?,61?/m0/s1. The number of hydrogen-bond acceptors (Lipinski definition) is 11. The van der Waals surface area contributed by atoms with Crippen molar-refractivity contribution in [1.82, 2.24) is 14.2 Å². The largest absolute Gasteiger partial charge is 0.497 e. The molecule has 1 aliphatic heterocycles. The third-order valence-electron chi connectivity index (χ3n) is 10.4. The number of methoxy groups -OCH3 is 2. The maximum absolute atomic E-state index is 13.8. The number of nitriles is 1. The lowest BCUT2D eigenvalue weighted by molar-refractivity contribution is -0.0925. The molecule has 1 aliphatic rings. The SMILES string of the molecule is COc1ccc(C(OC[C@H]2OC(n3cc(C)c(NC(=O)c4ccccc4)nc3=O)C[C@@H]2OP(OCCC#N)N(C(C)C)C(C)C)(c2ccccc2)c2ccc(OC)cc2)cc1. The summed E-state index contributed by atoms with van der Waals surface area (Å²) in [5.74, 6) is 1.17. The first kappa shape index (κ1) is 45.1. The minimum absolute atomic E-state index is 0.0191. The highest BCUT2D eigenvalue weighted by atomic mass is 31.2. The van der Waals surface area contributed by atoms with Crippen LogP contribution in [0.2, 0.25) is 0 Å². The molecule has 13 nitrogen and oxygen atoms in total. The van der Waals surface area contributed by atoms with Crippen LogP contribution < -0.4 is 20.5 Å². The van der Waals surface area contributed by atoms with Gasteiger partial charge in [-0.25, -0.2) is 9.46 Å². The Morgan fingerprint density at radius 3 is 2.00 bits per heavy atom. The third-order valence-corrected chi connectivity index (χ3v) is 12.6. The summed E-state index contributed by atoms with van der Waals surface area (Å²) in [5.41, 5.74) is 1.80. The van der Waals surface area contributed by atoms with E-state index in [1.165, 1.54) is 4.57 Å². The minimum Gasteiger partial charge on any atom is -0.497 e. The maximum Gasteiger partial charge on any atom is 0.351 e. The van der Waals surface area contributed by atoms with Crippen molar-refractivity contribution in [3.05, 3.63) is 154 Å². The Labute approximate surface area is 359 Å². The van der Waals surface area contributed by atoms with Gasteiger partial charge in [0, 0.05) is 35.8 Å². The number of aryl methyl sites for hydroxylation is 1. The van der Waals surface area contributed by atoms with Gasteiger partial charge < -0.3 is 33.3 Å². The smallest absolute Gasteiger partial charge is 0.351 e. The molecule has 4 atom stereocenters. The molecule has 61 heavy (non-hydrogen) atoms. The summed E-state index contributed by atoms with van der Waals surface area (Å²) in [6.07, 6.45) is -0.0854. The molecular weight excluding hydrogens is 794 g/mol. The van der Waals surface area contributed by atoms with Gasteiger partial charge in [-0.05, 0) is 87.7 Å². The van der Waals surface area contributed by atoms with E-state index in [4.69, 9.17) is 28.0 Å². The van der Waals surface area contributed by atoms with Crippen LogP contribution in [0.1, 0.15) is 79.4 Å². The van der Waals surface area contributed by atoms with Crippen molar-refractivity contribution < 1.29 is 32.8 Å². The lowest BCUT2D eigenvalue weighted by Gasteiger charge is -2.39. The molecule has 5 aromatic rings. The summed E-state index contributed by atoms with van der Waals surface area (Å²) < 4.78 is 42.1. The van der Waals surface area contributed by atoms with E-state index in [9.17, 15) is 14.9 Å². The van der Waals surface area contributed by atoms with Crippen molar-refractivity contribution in [1.29, 1.82) is 5.26 Å². The molecule has 2 heterocycles. The minimum atomic E-state index is -1.70. The molecule has 14 heteroatoms. The van der Waals surface area contributed by atoms with E-state index in [1.807, 2.05) is 84.9 Å². The van der Waals surface area contributed by atoms with Gasteiger partial charge in [0.15, 0.2) is 0 Å². The molecule has 0 saturated carbocycles. The van der Waals surface area contributed by atoms with Gasteiger partial charge in [0.05, 0.1) is 46.0 Å². The molecule has 1 amide bonds. The molecular formula is C47H54N5O8P. The van der Waals surface area contributed by atoms with Gasteiger partial charge in [0.1, 0.15) is 35.2 Å². The van der Waals surface area contributed by atoms with Gasteiger partial charge in [-0.2, -0.15) is 10.2 Å². The highest BCUT2D eigenvalue weighted by Crippen LogP contribution is 2.50. The van der Waals surface area contributed by atoms with Gasteiger partial charge in [0.2, 0.25) is 0 Å². The monoisotopic (exact) mass is 847 g/mol. The normalized spacial score (nSPS) is 17.0. The molecule has 1 N–H and O–H groups in total. The number of nitrogens with one attached hydrogen (secondary N) is 1. The number of hydrogen-bond donors (Lipinski definition) is 1. The second-order valence-corrected chi connectivity index (χ2v) is 16.6. The molecule has 320 valence electrons. The highest BCUT2D eigenvalue weighted by molar-refractivity contribution is 7.44. The molecule has 1 fully saturated rings. The van der Waals surface area contributed by atoms with Gasteiger partial charge >= 0.3 is 5.69 Å². The Bertz CT molecular complexity index is 2230. The number of aromatic nitrogens is 2. The van der Waals surface area contributed by atoms with Crippen molar-refractivity contribution in [2.45, 2.75) is 83.6 Å². The number of amides is 1. The fraction of sp³-hybridized carbons (Fsp3) is 0.362. The quantitative estimate of drug-likeness (QED) is 0.0484. The molecule has 1 saturated heterocycles. The molecule has 1 aromatic heterocycles. The second-order valence-electron chi connectivity index (χ2n) is 15.2. The molecule has 0 bridgehead atoms. The Morgan fingerprint density at radius 2 is 1.46 bits per heavy atom. The van der Waals surface area contributed by atoms with E-state index in [2.05, 4.69) is 48.7 Å². The average Bonchev–Trinajstić information content (AvgIpc) is 3.67. The average molecular weight is 848 g/mol. The first-order valence-electron chi connectivity index (χ1n) is 20.3. The Hall–Kier alpha value is -5.45.